The Balaban J connectivity index is 1.22. The van der Waals surface area contributed by atoms with Crippen LogP contribution in [0.3, 0.4) is 0 Å². The number of benzene rings is 1. The van der Waals surface area contributed by atoms with Crippen LogP contribution in [0.25, 0.3) is 16.7 Å². The molecule has 1 aliphatic carbocycles. The normalized spacial score (nSPS) is 18.7. The average Bonchev–Trinajstić information content (AvgIpc) is 3.43. The fraction of sp³-hybridized carbons (Fsp3) is 0.269. The minimum absolute atomic E-state index is 0.0929. The molecule has 4 aromatic rings. The molecule has 1 spiro atoms. The number of piperidine rings is 1. The van der Waals surface area contributed by atoms with Crippen molar-refractivity contribution in [3.63, 3.8) is 0 Å². The maximum Gasteiger partial charge on any atom is 0.177 e. The second-order valence-corrected chi connectivity index (χ2v) is 9.22. The Hall–Kier alpha value is -4.09. The lowest BCUT2D eigenvalue weighted by Gasteiger charge is -2.42. The average molecular weight is 449 g/mol. The number of nitrogens with one attached hydrogen (secondary N) is 1. The molecule has 1 fully saturated rings. The molecule has 8 nitrogen and oxygen atoms in total. The van der Waals surface area contributed by atoms with E-state index in [-0.39, 0.29) is 11.5 Å². The van der Waals surface area contributed by atoms with Crippen LogP contribution in [0.1, 0.15) is 47.0 Å². The second kappa shape index (κ2) is 7.75. The topological polar surface area (TPSA) is 120 Å². The summed E-state index contributed by atoms with van der Waals surface area (Å²) in [4.78, 5) is 15.8. The number of rotatable bonds is 3. The number of aromatic amines is 1. The van der Waals surface area contributed by atoms with Crippen molar-refractivity contribution >= 4 is 22.6 Å². The molecular formula is C26H24N8. The molecule has 34 heavy (non-hydrogen) atoms. The molecule has 0 unspecified atom stereocenters. The van der Waals surface area contributed by atoms with Crippen LogP contribution in [0, 0.1) is 16.7 Å². The van der Waals surface area contributed by atoms with E-state index in [0.717, 1.165) is 43.7 Å². The number of fused-ring (bicyclic) bond motifs is 2. The molecule has 1 atom stereocenters. The highest BCUT2D eigenvalue weighted by Gasteiger charge is 2.45. The van der Waals surface area contributed by atoms with Gasteiger partial charge in [-0.2, -0.15) is 10.4 Å². The Morgan fingerprint density at radius 2 is 2.03 bits per heavy atom. The number of hydrogen-bond donors (Lipinski definition) is 2. The van der Waals surface area contributed by atoms with Crippen molar-refractivity contribution in [2.75, 3.05) is 18.0 Å². The van der Waals surface area contributed by atoms with E-state index in [0.29, 0.717) is 28.1 Å². The molecule has 6 rings (SSSR count). The molecule has 3 N–H and O–H groups in total. The molecule has 0 bridgehead atoms. The van der Waals surface area contributed by atoms with Crippen molar-refractivity contribution in [3.8, 4) is 6.07 Å². The predicted molar refractivity (Wildman–Crippen MR) is 130 cm³/mol. The highest BCUT2D eigenvalue weighted by atomic mass is 15.2. The van der Waals surface area contributed by atoms with Crippen molar-refractivity contribution in [1.29, 1.82) is 5.26 Å². The smallest absolute Gasteiger partial charge is 0.177 e. The number of pyridine rings is 1. The van der Waals surface area contributed by atoms with Gasteiger partial charge in [-0.25, -0.2) is 15.0 Å². The van der Waals surface area contributed by atoms with E-state index in [9.17, 15) is 0 Å². The van der Waals surface area contributed by atoms with Gasteiger partial charge in [0.15, 0.2) is 5.65 Å². The van der Waals surface area contributed by atoms with Crippen LogP contribution in [0.4, 0.5) is 5.82 Å². The fourth-order valence-corrected chi connectivity index (χ4v) is 5.46. The quantitative estimate of drug-likeness (QED) is 0.492. The van der Waals surface area contributed by atoms with E-state index in [1.807, 2.05) is 6.20 Å². The molecular weight excluding hydrogens is 424 g/mol. The molecule has 0 amide bonds. The van der Waals surface area contributed by atoms with E-state index in [1.54, 1.807) is 18.3 Å². The van der Waals surface area contributed by atoms with Gasteiger partial charge in [0.25, 0.3) is 0 Å². The Kier molecular flexibility index (Phi) is 4.67. The molecule has 0 saturated carbocycles. The summed E-state index contributed by atoms with van der Waals surface area (Å²) in [7, 11) is 0. The number of anilines is 1. The van der Waals surface area contributed by atoms with Gasteiger partial charge in [0.2, 0.25) is 0 Å². The number of H-pyrrole nitrogens is 1. The van der Waals surface area contributed by atoms with Gasteiger partial charge in [-0.3, -0.25) is 5.10 Å². The van der Waals surface area contributed by atoms with Crippen molar-refractivity contribution in [3.05, 3.63) is 83.4 Å². The van der Waals surface area contributed by atoms with Crippen LogP contribution in [0.15, 0.2) is 55.4 Å². The summed E-state index contributed by atoms with van der Waals surface area (Å²) in [6.07, 6.45) is 6.50. The van der Waals surface area contributed by atoms with Gasteiger partial charge < -0.3 is 10.6 Å². The third kappa shape index (κ3) is 3.17. The zero-order valence-electron chi connectivity index (χ0n) is 18.7. The number of hydrogen-bond acceptors (Lipinski definition) is 7. The molecule has 0 radical (unpaired) electrons. The van der Waals surface area contributed by atoms with Crippen molar-refractivity contribution in [2.24, 2.45) is 11.1 Å². The Labute approximate surface area is 197 Å². The molecule has 8 heteroatoms. The molecule has 168 valence electrons. The Morgan fingerprint density at radius 3 is 2.82 bits per heavy atom. The van der Waals surface area contributed by atoms with E-state index >= 15 is 0 Å². The fourth-order valence-electron chi connectivity index (χ4n) is 5.46. The number of nitrogens with two attached hydrogens (primary N) is 1. The third-order valence-electron chi connectivity index (χ3n) is 7.44. The van der Waals surface area contributed by atoms with Gasteiger partial charge in [-0.1, -0.05) is 30.8 Å². The van der Waals surface area contributed by atoms with Gasteiger partial charge in [-0.15, -0.1) is 0 Å². The highest BCUT2D eigenvalue weighted by Crippen LogP contribution is 2.50. The minimum atomic E-state index is 0.0929. The molecule has 1 aliphatic heterocycles. The summed E-state index contributed by atoms with van der Waals surface area (Å²) < 4.78 is 0. The first-order valence-electron chi connectivity index (χ1n) is 11.4. The first-order chi connectivity index (χ1) is 16.6. The summed E-state index contributed by atoms with van der Waals surface area (Å²) in [5.74, 6) is 0.836. The van der Waals surface area contributed by atoms with Crippen molar-refractivity contribution < 1.29 is 0 Å². The summed E-state index contributed by atoms with van der Waals surface area (Å²) in [5.41, 5.74) is 13.2. The maximum absolute atomic E-state index is 9.13. The second-order valence-electron chi connectivity index (χ2n) is 9.22. The van der Waals surface area contributed by atoms with Crippen LogP contribution >= 0.6 is 0 Å². The third-order valence-corrected chi connectivity index (χ3v) is 7.44. The first-order valence-corrected chi connectivity index (χ1v) is 11.4. The number of aromatic nitrogens is 5. The summed E-state index contributed by atoms with van der Waals surface area (Å²) >= 11 is 0. The van der Waals surface area contributed by atoms with Gasteiger partial charge in [-0.05, 0) is 53.5 Å². The highest BCUT2D eigenvalue weighted by molar-refractivity contribution is 5.90. The Bertz CT molecular complexity index is 1460. The van der Waals surface area contributed by atoms with Crippen molar-refractivity contribution in [1.82, 2.24) is 25.1 Å². The number of nitriles is 1. The van der Waals surface area contributed by atoms with Crippen LogP contribution in [0.2, 0.25) is 0 Å². The number of nitrogens with zero attached hydrogens (tertiary/aromatic N) is 6. The van der Waals surface area contributed by atoms with E-state index < -0.39 is 0 Å². The first kappa shape index (κ1) is 20.5. The van der Waals surface area contributed by atoms with Crippen LogP contribution < -0.4 is 10.6 Å². The van der Waals surface area contributed by atoms with E-state index in [1.165, 1.54) is 11.1 Å². The maximum atomic E-state index is 9.13. The van der Waals surface area contributed by atoms with Gasteiger partial charge >= 0.3 is 0 Å². The SMILES string of the molecule is C=C(c1ccnc(C#N)c1)c1n[nH]c2nc(N3CCC4(CC3)Cc3ccccc3[C@H]4N)cnc12. The zero-order valence-corrected chi connectivity index (χ0v) is 18.7. The summed E-state index contributed by atoms with van der Waals surface area (Å²) in [5, 5.41) is 16.5. The van der Waals surface area contributed by atoms with E-state index in [4.69, 9.17) is 16.0 Å². The summed E-state index contributed by atoms with van der Waals surface area (Å²) in [6, 6.07) is 14.2. The van der Waals surface area contributed by atoms with Gasteiger partial charge in [0.1, 0.15) is 28.8 Å². The van der Waals surface area contributed by atoms with Crippen LogP contribution in [-0.4, -0.2) is 38.2 Å². The molecule has 4 heterocycles. The zero-order chi connectivity index (χ0) is 23.3. The lowest BCUT2D eigenvalue weighted by Crippen LogP contribution is -2.44. The van der Waals surface area contributed by atoms with Crippen molar-refractivity contribution in [2.45, 2.75) is 25.3 Å². The lowest BCUT2D eigenvalue weighted by molar-refractivity contribution is 0.187. The lowest BCUT2D eigenvalue weighted by atomic mass is 9.73. The van der Waals surface area contributed by atoms with Crippen LogP contribution in [-0.2, 0) is 6.42 Å². The molecule has 1 aromatic carbocycles. The van der Waals surface area contributed by atoms with E-state index in [2.05, 4.69) is 62.0 Å². The molecule has 3 aromatic heterocycles. The predicted octanol–water partition coefficient (Wildman–Crippen LogP) is 3.52. The largest absolute Gasteiger partial charge is 0.355 e. The molecule has 2 aliphatic rings. The standard InChI is InChI=1S/C26H24N8/c1-16(17-6-9-29-19(12-17)14-27)22-23-25(33-32-22)31-21(15-30-23)34-10-7-26(8-11-34)13-18-4-2-3-5-20(18)24(26)28/h2-6,9,12,15,24H,1,7-8,10-11,13,28H2,(H,31,32,33)/t24-/m1/s1. The van der Waals surface area contributed by atoms with Gasteiger partial charge in [0, 0.05) is 30.9 Å². The van der Waals surface area contributed by atoms with Gasteiger partial charge in [0.05, 0.1) is 6.20 Å². The Morgan fingerprint density at radius 1 is 1.21 bits per heavy atom. The minimum Gasteiger partial charge on any atom is -0.355 e. The van der Waals surface area contributed by atoms with Crippen LogP contribution in [0.5, 0.6) is 0 Å². The monoisotopic (exact) mass is 448 g/mol. The summed E-state index contributed by atoms with van der Waals surface area (Å²) in [6.45, 7) is 5.95. The molecule has 1 saturated heterocycles.